The number of rotatable bonds is 4. The molecule has 0 aliphatic carbocycles. The van der Waals surface area contributed by atoms with Gasteiger partial charge in [0.1, 0.15) is 0 Å². The lowest BCUT2D eigenvalue weighted by atomic mass is 9.81. The van der Waals surface area contributed by atoms with E-state index in [1.807, 2.05) is 24.9 Å². The molecule has 6 nitrogen and oxygen atoms in total. The first-order valence-corrected chi connectivity index (χ1v) is 13.5. The van der Waals surface area contributed by atoms with Gasteiger partial charge in [0.15, 0.2) is 0 Å². The molecule has 10 heteroatoms. The molecule has 2 fully saturated rings. The van der Waals surface area contributed by atoms with Crippen LogP contribution in [0.5, 0.6) is 0 Å². The summed E-state index contributed by atoms with van der Waals surface area (Å²) < 4.78 is 70.9. The second-order valence-corrected chi connectivity index (χ2v) is 11.5. The zero-order valence-corrected chi connectivity index (χ0v) is 21.1. The Balaban J connectivity index is 1.41. The number of aromatic nitrogens is 2. The second-order valence-electron chi connectivity index (χ2n) is 9.62. The minimum Gasteiger partial charge on any atom is -0.298 e. The maximum Gasteiger partial charge on any atom is 0.417 e. The standard InChI is InChI=1S/C26H29F3N4O2S/c1-18-21(15-30-31(18)2)19-9-11-20(12-10-19)22-16-32-13-5-6-14-33(17-24(22)32)36(34,35)25-8-4-3-7-23(25)26(27,28)29/h3-4,7-12,15,22,24H,5-6,13-14,16-17H2,1-2H3/t22-,24?/m0/s1. The van der Waals surface area contributed by atoms with Gasteiger partial charge in [-0.05, 0) is 49.6 Å². The molecule has 0 saturated carbocycles. The molecule has 0 amide bonds. The Morgan fingerprint density at radius 1 is 0.972 bits per heavy atom. The topological polar surface area (TPSA) is 58.4 Å². The fraction of sp³-hybridized carbons (Fsp3) is 0.423. The summed E-state index contributed by atoms with van der Waals surface area (Å²) in [6, 6.07) is 12.6. The van der Waals surface area contributed by atoms with Crippen molar-refractivity contribution in [3.05, 3.63) is 71.5 Å². The van der Waals surface area contributed by atoms with E-state index >= 15 is 0 Å². The Morgan fingerprint density at radius 2 is 1.67 bits per heavy atom. The van der Waals surface area contributed by atoms with E-state index in [4.69, 9.17) is 0 Å². The van der Waals surface area contributed by atoms with Gasteiger partial charge in [-0.1, -0.05) is 36.4 Å². The Labute approximate surface area is 209 Å². The number of aryl methyl sites for hydroxylation is 1. The van der Waals surface area contributed by atoms with E-state index in [0.717, 1.165) is 54.0 Å². The molecule has 2 atom stereocenters. The van der Waals surface area contributed by atoms with Crippen molar-refractivity contribution >= 4 is 10.0 Å². The van der Waals surface area contributed by atoms with E-state index in [0.29, 0.717) is 6.42 Å². The summed E-state index contributed by atoms with van der Waals surface area (Å²) in [5.74, 6) is 0.114. The summed E-state index contributed by atoms with van der Waals surface area (Å²) in [6.07, 6.45) is -1.49. The highest BCUT2D eigenvalue weighted by Gasteiger charge is 2.45. The molecule has 0 radical (unpaired) electrons. The van der Waals surface area contributed by atoms with Gasteiger partial charge in [-0.3, -0.25) is 9.58 Å². The monoisotopic (exact) mass is 518 g/mol. The Bertz CT molecular complexity index is 1350. The molecule has 2 saturated heterocycles. The van der Waals surface area contributed by atoms with Crippen LogP contribution in [-0.2, 0) is 23.2 Å². The van der Waals surface area contributed by atoms with Gasteiger partial charge in [-0.15, -0.1) is 0 Å². The third kappa shape index (κ3) is 4.46. The summed E-state index contributed by atoms with van der Waals surface area (Å²) in [6.45, 7) is 4.07. The summed E-state index contributed by atoms with van der Waals surface area (Å²) in [4.78, 5) is 1.58. The predicted octanol–water partition coefficient (Wildman–Crippen LogP) is 4.67. The van der Waals surface area contributed by atoms with Gasteiger partial charge in [-0.2, -0.15) is 22.6 Å². The van der Waals surface area contributed by atoms with Gasteiger partial charge in [-0.25, -0.2) is 8.42 Å². The summed E-state index contributed by atoms with van der Waals surface area (Å²) >= 11 is 0. The van der Waals surface area contributed by atoms with E-state index in [1.165, 1.54) is 16.4 Å². The molecule has 3 heterocycles. The smallest absolute Gasteiger partial charge is 0.298 e. The quantitative estimate of drug-likeness (QED) is 0.504. The first kappa shape index (κ1) is 25.0. The molecule has 2 aliphatic heterocycles. The third-order valence-corrected chi connectivity index (χ3v) is 9.48. The average Bonchev–Trinajstić information content (AvgIpc) is 3.16. The SMILES string of the molecule is Cc1c(-c2ccc([C@@H]3CN4CCCCN(S(=O)(=O)c5ccccc5C(F)(F)F)CC34)cc2)cnn1C. The van der Waals surface area contributed by atoms with Crippen LogP contribution in [0.25, 0.3) is 11.1 Å². The molecule has 5 rings (SSSR count). The minimum absolute atomic E-state index is 0.0795. The maximum atomic E-state index is 13.6. The second kappa shape index (κ2) is 9.32. The number of fused-ring (bicyclic) bond motifs is 1. The molecule has 0 bridgehead atoms. The van der Waals surface area contributed by atoms with Crippen LogP contribution in [0.3, 0.4) is 0 Å². The molecule has 1 aromatic heterocycles. The third-order valence-electron chi connectivity index (χ3n) is 7.55. The van der Waals surface area contributed by atoms with Crippen LogP contribution in [0.2, 0.25) is 0 Å². The van der Waals surface area contributed by atoms with E-state index in [1.54, 1.807) is 0 Å². The number of alkyl halides is 3. The van der Waals surface area contributed by atoms with Gasteiger partial charge in [0.05, 0.1) is 16.7 Å². The maximum absolute atomic E-state index is 13.6. The first-order chi connectivity index (χ1) is 17.1. The Kier molecular flexibility index (Phi) is 6.46. The van der Waals surface area contributed by atoms with Gasteiger partial charge < -0.3 is 0 Å². The van der Waals surface area contributed by atoms with E-state index < -0.39 is 26.7 Å². The highest BCUT2D eigenvalue weighted by molar-refractivity contribution is 7.89. The average molecular weight is 519 g/mol. The highest BCUT2D eigenvalue weighted by Crippen LogP contribution is 2.39. The van der Waals surface area contributed by atoms with Crippen LogP contribution in [0.1, 0.15) is 35.6 Å². The molecule has 2 aliphatic rings. The van der Waals surface area contributed by atoms with E-state index in [9.17, 15) is 21.6 Å². The fourth-order valence-corrected chi connectivity index (χ4v) is 7.04. The van der Waals surface area contributed by atoms with Crippen LogP contribution >= 0.6 is 0 Å². The van der Waals surface area contributed by atoms with Crippen molar-refractivity contribution in [3.8, 4) is 11.1 Å². The van der Waals surface area contributed by atoms with Crippen molar-refractivity contribution < 1.29 is 21.6 Å². The number of benzene rings is 2. The molecule has 36 heavy (non-hydrogen) atoms. The van der Waals surface area contributed by atoms with E-state index in [-0.39, 0.29) is 25.0 Å². The normalized spacial score (nSPS) is 21.9. The molecular formula is C26H29F3N4O2S. The predicted molar refractivity (Wildman–Crippen MR) is 131 cm³/mol. The Morgan fingerprint density at radius 3 is 2.33 bits per heavy atom. The van der Waals surface area contributed by atoms with Crippen LogP contribution in [0.15, 0.2) is 59.6 Å². The zero-order valence-electron chi connectivity index (χ0n) is 20.2. The van der Waals surface area contributed by atoms with E-state index in [2.05, 4.69) is 34.3 Å². The number of sulfonamides is 1. The van der Waals surface area contributed by atoms with Crippen LogP contribution in [-0.4, -0.2) is 59.6 Å². The number of nitrogens with zero attached hydrogens (tertiary/aromatic N) is 4. The van der Waals surface area contributed by atoms with Crippen molar-refractivity contribution in [2.45, 2.75) is 42.8 Å². The number of hydrogen-bond donors (Lipinski definition) is 0. The molecule has 192 valence electrons. The Hall–Kier alpha value is -2.69. The number of halogens is 3. The fourth-order valence-electron chi connectivity index (χ4n) is 5.33. The number of hydrogen-bond acceptors (Lipinski definition) is 4. The van der Waals surface area contributed by atoms with Gasteiger partial charge >= 0.3 is 6.18 Å². The highest BCUT2D eigenvalue weighted by atomic mass is 32.2. The molecule has 1 unspecified atom stereocenters. The van der Waals surface area contributed by atoms with Crippen LogP contribution in [0.4, 0.5) is 13.2 Å². The summed E-state index contributed by atoms with van der Waals surface area (Å²) in [5, 5.41) is 4.31. The van der Waals surface area contributed by atoms with Gasteiger partial charge in [0.2, 0.25) is 10.0 Å². The molecule has 0 spiro atoms. The lowest BCUT2D eigenvalue weighted by Gasteiger charge is -2.51. The zero-order chi connectivity index (χ0) is 25.7. The van der Waals surface area contributed by atoms with Crippen molar-refractivity contribution in [3.63, 3.8) is 0 Å². The van der Waals surface area contributed by atoms with Gasteiger partial charge in [0.25, 0.3) is 0 Å². The lowest BCUT2D eigenvalue weighted by molar-refractivity contribution is -0.139. The van der Waals surface area contributed by atoms with Crippen molar-refractivity contribution in [2.24, 2.45) is 7.05 Å². The van der Waals surface area contributed by atoms with Crippen LogP contribution in [0, 0.1) is 6.92 Å². The largest absolute Gasteiger partial charge is 0.417 e. The lowest BCUT2D eigenvalue weighted by Crippen LogP contribution is -2.60. The first-order valence-electron chi connectivity index (χ1n) is 12.1. The van der Waals surface area contributed by atoms with Crippen molar-refractivity contribution in [1.82, 2.24) is 19.0 Å². The summed E-state index contributed by atoms with van der Waals surface area (Å²) in [5.41, 5.74) is 3.18. The van der Waals surface area contributed by atoms with Gasteiger partial charge in [0, 0.05) is 49.9 Å². The summed E-state index contributed by atoms with van der Waals surface area (Å²) in [7, 11) is -2.41. The molecule has 2 aromatic carbocycles. The van der Waals surface area contributed by atoms with Crippen LogP contribution < -0.4 is 0 Å². The molecule has 3 aromatic rings. The van der Waals surface area contributed by atoms with Crippen molar-refractivity contribution in [1.29, 1.82) is 0 Å². The van der Waals surface area contributed by atoms with Crippen molar-refractivity contribution in [2.75, 3.05) is 26.2 Å². The minimum atomic E-state index is -4.74. The molecular weight excluding hydrogens is 489 g/mol. The molecule has 0 N–H and O–H groups in total.